The number of para-hydroxylation sites is 2. The summed E-state index contributed by atoms with van der Waals surface area (Å²) in [4.78, 5) is 4.74. The summed E-state index contributed by atoms with van der Waals surface area (Å²) in [6.45, 7) is 17.4. The van der Waals surface area contributed by atoms with Gasteiger partial charge in [-0.25, -0.2) is 0 Å². The number of anilines is 4. The van der Waals surface area contributed by atoms with Gasteiger partial charge in [0.1, 0.15) is 12.1 Å². The standard InChI is InChI=1S/C74H60N4/c1-45-17-21-55(37-49(45)5)57-29-35-71(65(41-57)59-23-19-47(3)51(7)39-59)77(67-15-11-9-13-61(67)43-75)69-33-27-53-26-32-64-70(34-28-54-25-31-63(69)73(53)74(54)64)78(68-16-12-10-14-62(68)44-76)72-36-30-58(56-22-18-46(2)50(6)38-56)42-66(72)60-24-20-48(4)52(8)40-60/h9-42,69,74H,1-8H3. The predicted molar refractivity (Wildman–Crippen MR) is 324 cm³/mol. The minimum absolute atomic E-state index is 0.117. The lowest BCUT2D eigenvalue weighted by Gasteiger charge is -2.44. The zero-order chi connectivity index (χ0) is 53.9. The number of nitrogens with zero attached hydrogens (tertiary/aromatic N) is 4. The van der Waals surface area contributed by atoms with Gasteiger partial charge in [0.05, 0.1) is 39.9 Å². The molecule has 0 amide bonds. The van der Waals surface area contributed by atoms with E-state index in [0.29, 0.717) is 11.1 Å². The summed E-state index contributed by atoms with van der Waals surface area (Å²) in [6, 6.07) is 61.5. The maximum Gasteiger partial charge on any atom is 0.101 e. The van der Waals surface area contributed by atoms with Crippen LogP contribution < -0.4 is 9.80 Å². The van der Waals surface area contributed by atoms with Crippen molar-refractivity contribution in [3.8, 4) is 56.6 Å². The molecule has 2 atom stereocenters. The van der Waals surface area contributed by atoms with Crippen LogP contribution in [-0.4, -0.2) is 6.04 Å². The molecular formula is C74H60N4. The van der Waals surface area contributed by atoms with Gasteiger partial charge in [-0.15, -0.1) is 0 Å². The Labute approximate surface area is 460 Å². The average Bonchev–Trinajstić information content (AvgIpc) is 3.65. The van der Waals surface area contributed by atoms with Crippen molar-refractivity contribution in [1.29, 1.82) is 10.5 Å². The molecule has 0 heterocycles. The summed E-state index contributed by atoms with van der Waals surface area (Å²) in [5.41, 5.74) is 30.7. The lowest BCUT2D eigenvalue weighted by molar-refractivity contribution is 0.773. The Morgan fingerprint density at radius 3 is 1.44 bits per heavy atom. The monoisotopic (exact) mass is 1000 g/mol. The van der Waals surface area contributed by atoms with Crippen molar-refractivity contribution >= 4 is 22.7 Å². The zero-order valence-electron chi connectivity index (χ0n) is 45.6. The number of hydrogen-bond acceptors (Lipinski definition) is 4. The summed E-state index contributed by atoms with van der Waals surface area (Å²) in [5.74, 6) is -0.117. The molecule has 0 saturated heterocycles. The van der Waals surface area contributed by atoms with Crippen LogP contribution in [0, 0.1) is 84.0 Å². The third-order valence-corrected chi connectivity index (χ3v) is 16.8. The molecular weight excluding hydrogens is 945 g/mol. The average molecular weight is 1010 g/mol. The van der Waals surface area contributed by atoms with Gasteiger partial charge in [0.25, 0.3) is 0 Å². The lowest BCUT2D eigenvalue weighted by atomic mass is 9.67. The fourth-order valence-electron chi connectivity index (χ4n) is 11.8. The Kier molecular flexibility index (Phi) is 12.6. The number of rotatable bonds is 10. The SMILES string of the molecule is Cc1ccc(-c2ccc(N(C3=C4C=CC5=C6C(=CC=C(C=C3)C46)C(N(c3ccccc3C#N)c3ccc(-c4ccc(C)c(C)c4)cc3-c3ccc(C)c(C)c3)C=C5)c3ccccc3C#N)c(-c3ccc(C)c(C)c3)c2)cc1C. The van der Waals surface area contributed by atoms with Gasteiger partial charge in [-0.3, -0.25) is 0 Å². The Hall–Kier alpha value is -9.48. The minimum Gasteiger partial charge on any atom is -0.329 e. The number of nitriles is 2. The Balaban J connectivity index is 1.05. The van der Waals surface area contributed by atoms with Crippen LogP contribution in [0.4, 0.5) is 22.7 Å². The van der Waals surface area contributed by atoms with Crippen molar-refractivity contribution in [3.63, 3.8) is 0 Å². The summed E-state index contributed by atoms with van der Waals surface area (Å²) in [7, 11) is 0. The first kappa shape index (κ1) is 49.4. The van der Waals surface area contributed by atoms with E-state index in [-0.39, 0.29) is 12.0 Å². The quantitative estimate of drug-likeness (QED) is 0.137. The fourth-order valence-corrected chi connectivity index (χ4v) is 11.8. The molecule has 4 heteroatoms. The van der Waals surface area contributed by atoms with E-state index in [1.54, 1.807) is 0 Å². The Morgan fingerprint density at radius 2 is 0.872 bits per heavy atom. The molecule has 78 heavy (non-hydrogen) atoms. The smallest absolute Gasteiger partial charge is 0.101 e. The van der Waals surface area contributed by atoms with E-state index in [1.807, 2.05) is 36.4 Å². The first-order valence-electron chi connectivity index (χ1n) is 27.0. The van der Waals surface area contributed by atoms with Gasteiger partial charge in [-0.1, -0.05) is 152 Å². The van der Waals surface area contributed by atoms with Crippen LogP contribution in [0.3, 0.4) is 0 Å². The molecule has 4 aliphatic rings. The molecule has 4 aliphatic carbocycles. The second kappa shape index (κ2) is 19.9. The molecule has 8 aromatic rings. The van der Waals surface area contributed by atoms with Gasteiger partial charge in [-0.2, -0.15) is 10.5 Å². The van der Waals surface area contributed by atoms with Crippen LogP contribution in [0.2, 0.25) is 0 Å². The first-order chi connectivity index (χ1) is 37.9. The molecule has 0 radical (unpaired) electrons. The van der Waals surface area contributed by atoms with Crippen molar-refractivity contribution in [3.05, 3.63) is 296 Å². The highest BCUT2D eigenvalue weighted by Gasteiger charge is 2.41. The molecule has 376 valence electrons. The van der Waals surface area contributed by atoms with Crippen LogP contribution in [0.25, 0.3) is 44.5 Å². The van der Waals surface area contributed by atoms with Crippen LogP contribution in [0.5, 0.6) is 0 Å². The number of benzene rings is 8. The Morgan fingerprint density at radius 1 is 0.397 bits per heavy atom. The third-order valence-electron chi connectivity index (χ3n) is 16.8. The first-order valence-corrected chi connectivity index (χ1v) is 27.0. The molecule has 8 aromatic carbocycles. The van der Waals surface area contributed by atoms with Gasteiger partial charge in [0.15, 0.2) is 0 Å². The molecule has 2 unspecified atom stereocenters. The van der Waals surface area contributed by atoms with E-state index in [4.69, 9.17) is 0 Å². The van der Waals surface area contributed by atoms with E-state index in [2.05, 4.69) is 247 Å². The highest BCUT2D eigenvalue weighted by Crippen LogP contribution is 2.54. The fraction of sp³-hybridized carbons (Fsp3) is 0.135. The molecule has 0 saturated carbocycles. The van der Waals surface area contributed by atoms with Crippen LogP contribution in [-0.2, 0) is 0 Å². The van der Waals surface area contributed by atoms with E-state index in [9.17, 15) is 10.5 Å². The summed E-state index contributed by atoms with van der Waals surface area (Å²) >= 11 is 0. The van der Waals surface area contributed by atoms with Crippen molar-refractivity contribution in [1.82, 2.24) is 0 Å². The summed E-state index contributed by atoms with van der Waals surface area (Å²) in [5, 5.41) is 21.8. The second-order valence-electron chi connectivity index (χ2n) is 21.5. The molecule has 0 aliphatic heterocycles. The largest absolute Gasteiger partial charge is 0.329 e. The van der Waals surface area contributed by atoms with Crippen molar-refractivity contribution in [2.24, 2.45) is 5.92 Å². The predicted octanol–water partition coefficient (Wildman–Crippen LogP) is 18.7. The molecule has 0 aromatic heterocycles. The summed E-state index contributed by atoms with van der Waals surface area (Å²) < 4.78 is 0. The van der Waals surface area contributed by atoms with Crippen LogP contribution >= 0.6 is 0 Å². The zero-order valence-corrected chi connectivity index (χ0v) is 45.6. The number of aryl methyl sites for hydroxylation is 8. The molecule has 0 bridgehead atoms. The van der Waals surface area contributed by atoms with Gasteiger partial charge < -0.3 is 9.80 Å². The summed E-state index contributed by atoms with van der Waals surface area (Å²) in [6.07, 6.45) is 18.3. The molecule has 0 spiro atoms. The van der Waals surface area contributed by atoms with Gasteiger partial charge in [-0.05, 0) is 216 Å². The molecule has 12 rings (SSSR count). The Bertz CT molecular complexity index is 4170. The van der Waals surface area contributed by atoms with Gasteiger partial charge in [0.2, 0.25) is 0 Å². The van der Waals surface area contributed by atoms with E-state index in [1.165, 1.54) is 61.2 Å². The maximum absolute atomic E-state index is 10.9. The normalized spacial score (nSPS) is 15.8. The lowest BCUT2D eigenvalue weighted by Crippen LogP contribution is -2.38. The van der Waals surface area contributed by atoms with E-state index in [0.717, 1.165) is 84.1 Å². The minimum atomic E-state index is -0.291. The van der Waals surface area contributed by atoms with Crippen LogP contribution in [0.15, 0.2) is 240 Å². The number of hydrogen-bond donors (Lipinski definition) is 0. The molecule has 0 fully saturated rings. The van der Waals surface area contributed by atoms with E-state index < -0.39 is 0 Å². The molecule has 4 nitrogen and oxygen atoms in total. The highest BCUT2D eigenvalue weighted by atomic mass is 15.2. The van der Waals surface area contributed by atoms with Crippen LogP contribution in [0.1, 0.15) is 55.6 Å². The van der Waals surface area contributed by atoms with Crippen molar-refractivity contribution in [2.75, 3.05) is 9.80 Å². The van der Waals surface area contributed by atoms with Crippen molar-refractivity contribution < 1.29 is 0 Å². The third kappa shape index (κ3) is 8.57. The molecule has 0 N–H and O–H groups in total. The topological polar surface area (TPSA) is 54.1 Å². The maximum atomic E-state index is 10.9. The highest BCUT2D eigenvalue weighted by molar-refractivity contribution is 5.93. The van der Waals surface area contributed by atoms with Crippen molar-refractivity contribution in [2.45, 2.75) is 61.4 Å². The number of allylic oxidation sites excluding steroid dienone is 10. The van der Waals surface area contributed by atoms with E-state index >= 15 is 0 Å². The van der Waals surface area contributed by atoms with Gasteiger partial charge >= 0.3 is 0 Å². The second-order valence-corrected chi connectivity index (χ2v) is 21.5. The van der Waals surface area contributed by atoms with Gasteiger partial charge in [0, 0.05) is 22.7 Å².